The molecule has 2 fully saturated rings. The number of hydrogen-bond acceptors (Lipinski definition) is 19. The molecule has 0 aromatic carbocycles. The van der Waals surface area contributed by atoms with Gasteiger partial charge in [0, 0.05) is 50.7 Å². The molecule has 0 aromatic heterocycles. The fourth-order valence-corrected chi connectivity index (χ4v) is 8.78. The van der Waals surface area contributed by atoms with E-state index >= 15 is 0 Å². The van der Waals surface area contributed by atoms with E-state index < -0.39 is 159 Å². The third-order valence-corrected chi connectivity index (χ3v) is 13.1. The van der Waals surface area contributed by atoms with Crippen LogP contribution in [-0.4, -0.2) is 191 Å². The average molecular weight is 1040 g/mol. The van der Waals surface area contributed by atoms with E-state index in [9.17, 15) is 70.6 Å². The first-order chi connectivity index (χ1) is 34.6. The lowest BCUT2D eigenvalue weighted by atomic mass is 9.82. The van der Waals surface area contributed by atoms with Crippen LogP contribution in [0.15, 0.2) is 85.1 Å². The van der Waals surface area contributed by atoms with Crippen LogP contribution in [0.25, 0.3) is 0 Å². The predicted octanol–water partition coefficient (Wildman–Crippen LogP) is -0.758. The van der Waals surface area contributed by atoms with Gasteiger partial charge in [-0.3, -0.25) is 14.4 Å². The standard InChI is InChI=1S/C52H83N3O18/c1-31-18-15-13-11-9-7-5-6-8-10-12-14-16-19-38(72-51-49(67)46(55-43(63)30-53)48(66)34(4)71-51)27-42-45(50(68)54-22-17-23-56)41(62)29-52(69,73-42)28-37(59)25-40(61)39(60)21-20-35(57)24-36(58)26-44(64)70-33(3)32(2)47(31)65/h5-16,18-19,31-42,45-49,51,56-62,65-67,69H,17,20-30,53H2,1-4H3,(H,54,68)(H,55,63)/b6-5+,9-7+,10-8+,13-11+,14-12+,18-15+,19-16+/t31-,32-,33-,34+,35+,36+,37-,38-,39+,40+,41-,42-,45+,46-,47+,48+,49-,51-,52+/m0/s1. The molecule has 15 N–H and O–H groups in total. The second-order valence-corrected chi connectivity index (χ2v) is 19.3. The highest BCUT2D eigenvalue weighted by molar-refractivity contribution is 5.80. The van der Waals surface area contributed by atoms with Crippen LogP contribution in [0.1, 0.15) is 85.5 Å². The zero-order chi connectivity index (χ0) is 54.3. The van der Waals surface area contributed by atoms with Crippen LogP contribution in [0, 0.1) is 17.8 Å². The molecule has 0 saturated carbocycles. The van der Waals surface area contributed by atoms with Gasteiger partial charge in [-0.25, -0.2) is 0 Å². The summed E-state index contributed by atoms with van der Waals surface area (Å²) in [6, 6.07) is -1.27. The molecule has 0 aliphatic carbocycles. The second kappa shape index (κ2) is 32.4. The van der Waals surface area contributed by atoms with E-state index in [1.807, 2.05) is 13.0 Å². The lowest BCUT2D eigenvalue weighted by Crippen LogP contribution is -2.64. The number of rotatable bonds is 8. The monoisotopic (exact) mass is 1040 g/mol. The van der Waals surface area contributed by atoms with Gasteiger partial charge in [-0.2, -0.15) is 0 Å². The minimum Gasteiger partial charge on any atom is -0.462 e. The molecule has 0 unspecified atom stereocenters. The molecule has 2 amide bonds. The molecule has 0 spiro atoms. The third-order valence-electron chi connectivity index (χ3n) is 13.1. The molecule has 21 nitrogen and oxygen atoms in total. The number of allylic oxidation sites excluding steroid dienone is 12. The number of amides is 2. The van der Waals surface area contributed by atoms with Crippen molar-refractivity contribution in [3.63, 3.8) is 0 Å². The number of nitrogens with one attached hydrogen (secondary N) is 2. The lowest BCUT2D eigenvalue weighted by Gasteiger charge is -2.46. The highest BCUT2D eigenvalue weighted by Gasteiger charge is 2.51. The van der Waals surface area contributed by atoms with E-state index in [-0.39, 0.29) is 51.2 Å². The van der Waals surface area contributed by atoms with Crippen molar-refractivity contribution in [1.82, 2.24) is 10.6 Å². The van der Waals surface area contributed by atoms with Crippen molar-refractivity contribution in [3.05, 3.63) is 85.1 Å². The van der Waals surface area contributed by atoms with Crippen LogP contribution in [-0.2, 0) is 33.3 Å². The zero-order valence-electron chi connectivity index (χ0n) is 42.3. The molecule has 3 aliphatic rings. The van der Waals surface area contributed by atoms with Gasteiger partial charge in [-0.05, 0) is 39.5 Å². The molecule has 3 heterocycles. The first-order valence-electron chi connectivity index (χ1n) is 25.2. The van der Waals surface area contributed by atoms with Crippen LogP contribution >= 0.6 is 0 Å². The minimum absolute atomic E-state index is 0.0295. The first-order valence-corrected chi connectivity index (χ1v) is 25.2. The molecule has 2 bridgehead atoms. The molecule has 3 rings (SSSR count). The Morgan fingerprint density at radius 3 is 1.92 bits per heavy atom. The topological polar surface area (TPSA) is 361 Å². The molecular weight excluding hydrogens is 955 g/mol. The van der Waals surface area contributed by atoms with E-state index in [2.05, 4.69) is 10.6 Å². The maximum Gasteiger partial charge on any atom is 0.308 e. The molecule has 2 saturated heterocycles. The number of ether oxygens (including phenoxy) is 4. The summed E-state index contributed by atoms with van der Waals surface area (Å²) in [6.45, 7) is 6.05. The van der Waals surface area contributed by atoms with Crippen molar-refractivity contribution >= 4 is 17.8 Å². The number of esters is 1. The Morgan fingerprint density at radius 2 is 1.32 bits per heavy atom. The number of carbonyl (C=O) groups excluding carboxylic acids is 3. The quantitative estimate of drug-likeness (QED) is 0.105. The Balaban J connectivity index is 1.97. The van der Waals surface area contributed by atoms with Crippen molar-refractivity contribution in [2.45, 2.75) is 183 Å². The summed E-state index contributed by atoms with van der Waals surface area (Å²) in [6.07, 6.45) is 3.11. The van der Waals surface area contributed by atoms with Gasteiger partial charge >= 0.3 is 5.97 Å². The van der Waals surface area contributed by atoms with Crippen LogP contribution in [0.4, 0.5) is 0 Å². The van der Waals surface area contributed by atoms with Gasteiger partial charge in [0.05, 0.1) is 86.0 Å². The molecule has 3 aliphatic heterocycles. The molecule has 414 valence electrons. The van der Waals surface area contributed by atoms with Gasteiger partial charge in [-0.1, -0.05) is 98.9 Å². The summed E-state index contributed by atoms with van der Waals surface area (Å²) in [7, 11) is 0. The van der Waals surface area contributed by atoms with Crippen molar-refractivity contribution in [2.75, 3.05) is 19.7 Å². The van der Waals surface area contributed by atoms with E-state index in [0.717, 1.165) is 0 Å². The normalized spacial score (nSPS) is 41.7. The third kappa shape index (κ3) is 22.0. The van der Waals surface area contributed by atoms with Crippen molar-refractivity contribution < 1.29 is 89.5 Å². The fraction of sp³-hybridized carbons (Fsp3) is 0.673. The molecule has 19 atom stereocenters. The van der Waals surface area contributed by atoms with E-state index in [0.29, 0.717) is 0 Å². The Hall–Kier alpha value is -4.01. The SMILES string of the molecule is C[C@@H]1[C@H](O)[C@@H](C)/C=C/C=C/C=C/C=C/C=C/C=C/C=C/[C@H](O[C@@H]2O[C@H](C)[C@@H](O)[C@H](NC(=O)CN)[C@@H]2O)C[C@@H]2O[C@](O)(C[C@@H](O)C[C@@H](O)[C@H](O)CC[C@@H](O)C[C@@H](O)CC(=O)O[C@H]1C)C[C@H](O)[C@H]2C(=O)NCCCO. The molecule has 0 aromatic rings. The molecule has 21 heteroatoms. The highest BCUT2D eigenvalue weighted by atomic mass is 16.7. The van der Waals surface area contributed by atoms with E-state index in [1.165, 1.54) is 13.0 Å². The Morgan fingerprint density at radius 1 is 0.712 bits per heavy atom. The smallest absolute Gasteiger partial charge is 0.308 e. The number of fused-ring (bicyclic) bond motifs is 2. The predicted molar refractivity (Wildman–Crippen MR) is 267 cm³/mol. The van der Waals surface area contributed by atoms with Crippen LogP contribution in [0.3, 0.4) is 0 Å². The van der Waals surface area contributed by atoms with Crippen molar-refractivity contribution in [1.29, 1.82) is 0 Å². The average Bonchev–Trinajstić information content (AvgIpc) is 3.32. The van der Waals surface area contributed by atoms with Gasteiger partial charge in [0.25, 0.3) is 0 Å². The Kier molecular flexibility index (Phi) is 28.1. The zero-order valence-corrected chi connectivity index (χ0v) is 42.3. The van der Waals surface area contributed by atoms with Crippen molar-refractivity contribution in [2.24, 2.45) is 23.5 Å². The van der Waals surface area contributed by atoms with Crippen molar-refractivity contribution in [3.8, 4) is 0 Å². The van der Waals surface area contributed by atoms with Gasteiger partial charge in [0.15, 0.2) is 12.1 Å². The Bertz CT molecular complexity index is 1880. The van der Waals surface area contributed by atoms with Gasteiger partial charge < -0.3 is 91.5 Å². The van der Waals surface area contributed by atoms with Gasteiger partial charge in [0.2, 0.25) is 11.8 Å². The maximum atomic E-state index is 13.7. The number of nitrogens with two attached hydrogens (primary N) is 1. The molecular formula is C52H83N3O18. The lowest BCUT2D eigenvalue weighted by molar-refractivity contribution is -0.307. The van der Waals surface area contributed by atoms with Crippen LogP contribution < -0.4 is 16.4 Å². The second-order valence-electron chi connectivity index (χ2n) is 19.3. The van der Waals surface area contributed by atoms with E-state index in [1.54, 1.807) is 86.8 Å². The largest absolute Gasteiger partial charge is 0.462 e. The number of cyclic esters (lactones) is 1. The summed E-state index contributed by atoms with van der Waals surface area (Å²) in [5.74, 6) is -6.56. The van der Waals surface area contributed by atoms with Gasteiger partial charge in [0.1, 0.15) is 18.3 Å². The molecule has 0 radical (unpaired) electrons. The summed E-state index contributed by atoms with van der Waals surface area (Å²) in [5.41, 5.74) is 5.48. The number of aliphatic hydroxyl groups excluding tert-OH is 10. The number of aliphatic hydroxyl groups is 11. The number of hydrogen-bond donors (Lipinski definition) is 14. The minimum atomic E-state index is -2.33. The first kappa shape index (κ1) is 63.3. The van der Waals surface area contributed by atoms with Crippen LogP contribution in [0.2, 0.25) is 0 Å². The number of carbonyl (C=O) groups is 3. The Labute approximate surface area is 428 Å². The summed E-state index contributed by atoms with van der Waals surface area (Å²) < 4.78 is 23.8. The fourth-order valence-electron chi connectivity index (χ4n) is 8.78. The summed E-state index contributed by atoms with van der Waals surface area (Å²) in [4.78, 5) is 38.7. The maximum absolute atomic E-state index is 13.7. The van der Waals surface area contributed by atoms with Gasteiger partial charge in [-0.15, -0.1) is 0 Å². The molecule has 73 heavy (non-hydrogen) atoms. The highest BCUT2D eigenvalue weighted by Crippen LogP contribution is 2.38. The summed E-state index contributed by atoms with van der Waals surface area (Å²) in [5, 5.41) is 125. The van der Waals surface area contributed by atoms with Crippen LogP contribution in [0.5, 0.6) is 0 Å². The van der Waals surface area contributed by atoms with E-state index in [4.69, 9.17) is 24.7 Å². The summed E-state index contributed by atoms with van der Waals surface area (Å²) >= 11 is 0.